The van der Waals surface area contributed by atoms with Gasteiger partial charge >= 0.3 is 0 Å². The fourth-order valence-electron chi connectivity index (χ4n) is 2.97. The Morgan fingerprint density at radius 2 is 2.04 bits per heavy atom. The number of aromatic nitrogens is 2. The maximum atomic E-state index is 12.7. The molecular weight excluding hydrogens is 320 g/mol. The average molecular weight is 340 g/mol. The summed E-state index contributed by atoms with van der Waals surface area (Å²) in [6.45, 7) is 0.309. The van der Waals surface area contributed by atoms with Crippen molar-refractivity contribution >= 4 is 5.91 Å². The lowest BCUT2D eigenvalue weighted by Crippen LogP contribution is -2.63. The molecule has 1 aliphatic rings. The average Bonchev–Trinajstić information content (AvgIpc) is 3.02. The molecule has 1 fully saturated rings. The number of nitriles is 1. The van der Waals surface area contributed by atoms with E-state index in [2.05, 4.69) is 5.10 Å². The number of aliphatic hydroxyl groups is 2. The van der Waals surface area contributed by atoms with Crippen LogP contribution in [0.15, 0.2) is 36.5 Å². The summed E-state index contributed by atoms with van der Waals surface area (Å²) in [5.41, 5.74) is 0.823. The molecule has 1 saturated heterocycles. The number of hydrogen-bond acceptors (Lipinski definition) is 5. The van der Waals surface area contributed by atoms with E-state index in [9.17, 15) is 9.90 Å². The molecule has 2 heterocycles. The monoisotopic (exact) mass is 340 g/mol. The van der Waals surface area contributed by atoms with Crippen LogP contribution in [0.4, 0.5) is 0 Å². The van der Waals surface area contributed by atoms with Gasteiger partial charge in [0.15, 0.2) is 5.69 Å². The van der Waals surface area contributed by atoms with Crippen molar-refractivity contribution < 1.29 is 15.0 Å². The second kappa shape index (κ2) is 7.05. The molecule has 2 N–H and O–H groups in total. The van der Waals surface area contributed by atoms with Crippen molar-refractivity contribution in [3.63, 3.8) is 0 Å². The highest BCUT2D eigenvalue weighted by molar-refractivity contribution is 5.94. The van der Waals surface area contributed by atoms with Crippen LogP contribution in [-0.4, -0.2) is 56.1 Å². The van der Waals surface area contributed by atoms with E-state index in [4.69, 9.17) is 10.4 Å². The number of nitrogens with zero attached hydrogens (tertiary/aromatic N) is 4. The van der Waals surface area contributed by atoms with E-state index in [1.165, 1.54) is 4.90 Å². The van der Waals surface area contributed by atoms with Gasteiger partial charge < -0.3 is 15.1 Å². The number of likely N-dealkylation sites (tertiary alicyclic amines) is 1. The highest BCUT2D eigenvalue weighted by Gasteiger charge is 2.44. The molecule has 3 rings (SSSR count). The Balaban J connectivity index is 1.83. The molecule has 1 aromatic carbocycles. The molecule has 7 nitrogen and oxygen atoms in total. The normalized spacial score (nSPS) is 15.5. The van der Waals surface area contributed by atoms with Crippen LogP contribution in [0.5, 0.6) is 0 Å². The standard InChI is InChI=1S/C18H20N4O3/c19-9-8-18(25)12-21(13-18)17(24)16-14(5-4-10-23)11-22(20-16)15-6-2-1-3-7-15/h1-3,6-7,11,23,25H,4-5,8,10,12-13H2. The lowest BCUT2D eigenvalue weighted by atomic mass is 9.90. The number of benzene rings is 1. The Kier molecular flexibility index (Phi) is 4.83. The number of hydrogen-bond donors (Lipinski definition) is 2. The van der Waals surface area contributed by atoms with Crippen LogP contribution in [0.25, 0.3) is 5.69 Å². The summed E-state index contributed by atoms with van der Waals surface area (Å²) in [5, 5.41) is 32.3. The molecule has 1 aliphatic heterocycles. The summed E-state index contributed by atoms with van der Waals surface area (Å²) < 4.78 is 1.65. The Morgan fingerprint density at radius 1 is 1.32 bits per heavy atom. The maximum Gasteiger partial charge on any atom is 0.274 e. The minimum Gasteiger partial charge on any atom is -0.396 e. The third kappa shape index (κ3) is 3.55. The van der Waals surface area contributed by atoms with Crippen LogP contribution in [0.2, 0.25) is 0 Å². The molecule has 0 bridgehead atoms. The molecule has 0 aliphatic carbocycles. The third-order valence-electron chi connectivity index (χ3n) is 4.28. The van der Waals surface area contributed by atoms with Gasteiger partial charge in [0.25, 0.3) is 5.91 Å². The van der Waals surface area contributed by atoms with Crippen molar-refractivity contribution in [1.29, 1.82) is 5.26 Å². The fraction of sp³-hybridized carbons (Fsp3) is 0.389. The largest absolute Gasteiger partial charge is 0.396 e. The molecule has 130 valence electrons. The van der Waals surface area contributed by atoms with E-state index in [0.29, 0.717) is 18.5 Å². The van der Waals surface area contributed by atoms with Gasteiger partial charge in [-0.2, -0.15) is 10.4 Å². The van der Waals surface area contributed by atoms with Crippen molar-refractivity contribution in [2.24, 2.45) is 0 Å². The predicted octanol–water partition coefficient (Wildman–Crippen LogP) is 0.898. The molecule has 2 aromatic rings. The Morgan fingerprint density at radius 3 is 2.68 bits per heavy atom. The lowest BCUT2D eigenvalue weighted by molar-refractivity contribution is -0.0772. The van der Waals surface area contributed by atoms with Gasteiger partial charge in [0, 0.05) is 18.4 Å². The number of amides is 1. The highest BCUT2D eigenvalue weighted by Crippen LogP contribution is 2.27. The number of para-hydroxylation sites is 1. The quantitative estimate of drug-likeness (QED) is 0.813. The third-order valence-corrected chi connectivity index (χ3v) is 4.28. The molecule has 1 amide bonds. The Bertz CT molecular complexity index is 788. The zero-order valence-corrected chi connectivity index (χ0v) is 13.8. The molecule has 1 aromatic heterocycles. The number of carbonyl (C=O) groups is 1. The topological polar surface area (TPSA) is 102 Å². The molecule has 25 heavy (non-hydrogen) atoms. The molecule has 0 spiro atoms. The predicted molar refractivity (Wildman–Crippen MR) is 90.1 cm³/mol. The van der Waals surface area contributed by atoms with Gasteiger partial charge in [-0.3, -0.25) is 4.79 Å². The first-order chi connectivity index (χ1) is 12.1. The van der Waals surface area contributed by atoms with E-state index in [-0.39, 0.29) is 32.0 Å². The van der Waals surface area contributed by atoms with Crippen LogP contribution in [-0.2, 0) is 6.42 Å². The number of carbonyl (C=O) groups excluding carboxylic acids is 1. The second-order valence-corrected chi connectivity index (χ2v) is 6.33. The SMILES string of the molecule is N#CCC1(O)CN(C(=O)c2nn(-c3ccccc3)cc2CCCO)C1. The van der Waals surface area contributed by atoms with E-state index in [0.717, 1.165) is 11.3 Å². The first-order valence-corrected chi connectivity index (χ1v) is 8.20. The Labute approximate surface area is 145 Å². The molecule has 0 atom stereocenters. The summed E-state index contributed by atoms with van der Waals surface area (Å²) in [4.78, 5) is 14.2. The minimum atomic E-state index is -1.11. The summed E-state index contributed by atoms with van der Waals surface area (Å²) in [6, 6.07) is 11.4. The van der Waals surface area contributed by atoms with Gasteiger partial charge in [0.1, 0.15) is 5.60 Å². The number of β-amino-alcohol motifs (C(OH)–C–C–N with tert-alkyl or cyclic N) is 1. The van der Waals surface area contributed by atoms with E-state index < -0.39 is 5.60 Å². The highest BCUT2D eigenvalue weighted by atomic mass is 16.3. The molecule has 0 unspecified atom stereocenters. The number of aliphatic hydroxyl groups excluding tert-OH is 1. The second-order valence-electron chi connectivity index (χ2n) is 6.33. The van der Waals surface area contributed by atoms with Gasteiger partial charge in [0.2, 0.25) is 0 Å². The molecule has 0 radical (unpaired) electrons. The van der Waals surface area contributed by atoms with E-state index in [1.54, 1.807) is 10.9 Å². The maximum absolute atomic E-state index is 12.7. The molecular formula is C18H20N4O3. The summed E-state index contributed by atoms with van der Waals surface area (Å²) >= 11 is 0. The molecule has 7 heteroatoms. The molecule has 0 saturated carbocycles. The number of aryl methyl sites for hydroxylation is 1. The van der Waals surface area contributed by atoms with Crippen LogP contribution in [0, 0.1) is 11.3 Å². The summed E-state index contributed by atoms with van der Waals surface area (Å²) in [5.74, 6) is -0.259. The Hall–Kier alpha value is -2.69. The first kappa shape index (κ1) is 17.1. The smallest absolute Gasteiger partial charge is 0.274 e. The first-order valence-electron chi connectivity index (χ1n) is 8.20. The summed E-state index contributed by atoms with van der Waals surface area (Å²) in [7, 11) is 0. The van der Waals surface area contributed by atoms with Crippen molar-refractivity contribution in [3.8, 4) is 11.8 Å². The van der Waals surface area contributed by atoms with Crippen LogP contribution < -0.4 is 0 Å². The van der Waals surface area contributed by atoms with Crippen LogP contribution in [0.1, 0.15) is 28.9 Å². The zero-order chi connectivity index (χ0) is 17.9. The van der Waals surface area contributed by atoms with Crippen molar-refractivity contribution in [3.05, 3.63) is 47.8 Å². The van der Waals surface area contributed by atoms with Gasteiger partial charge in [-0.1, -0.05) is 18.2 Å². The van der Waals surface area contributed by atoms with Crippen molar-refractivity contribution in [1.82, 2.24) is 14.7 Å². The van der Waals surface area contributed by atoms with Gasteiger partial charge in [-0.05, 0) is 25.0 Å². The fourth-order valence-corrected chi connectivity index (χ4v) is 2.97. The van der Waals surface area contributed by atoms with E-state index >= 15 is 0 Å². The van der Waals surface area contributed by atoms with Gasteiger partial charge in [-0.25, -0.2) is 4.68 Å². The number of rotatable bonds is 6. The zero-order valence-electron chi connectivity index (χ0n) is 13.8. The van der Waals surface area contributed by atoms with Gasteiger partial charge in [-0.15, -0.1) is 0 Å². The van der Waals surface area contributed by atoms with Crippen LogP contribution in [0.3, 0.4) is 0 Å². The van der Waals surface area contributed by atoms with Gasteiger partial charge in [0.05, 0.1) is 31.3 Å². The summed E-state index contributed by atoms with van der Waals surface area (Å²) in [6.07, 6.45) is 2.89. The minimum absolute atomic E-state index is 0.00655. The lowest BCUT2D eigenvalue weighted by Gasteiger charge is -2.45. The van der Waals surface area contributed by atoms with Crippen LogP contribution >= 0.6 is 0 Å². The van der Waals surface area contributed by atoms with E-state index in [1.807, 2.05) is 36.4 Å². The van der Waals surface area contributed by atoms with Crippen molar-refractivity contribution in [2.45, 2.75) is 24.9 Å². The van der Waals surface area contributed by atoms with Crippen molar-refractivity contribution in [2.75, 3.05) is 19.7 Å².